The molecule has 2 N–H and O–H groups in total. The standard InChI is InChI=1S/C21H37N3O4.HI/c1-5-22-21(23-10-7-11-27-13-12-25-4)24-17-19-9-8-18(3)16-20(19)28-15-14-26-6-2;/h8-9,16H,5-7,10-15,17H2,1-4H3,(H2,22,23,24);1H. The van der Waals surface area contributed by atoms with E-state index in [9.17, 15) is 0 Å². The number of guanidine groups is 1. The van der Waals surface area contributed by atoms with Crippen LogP contribution in [-0.2, 0) is 20.8 Å². The first-order valence-electron chi connectivity index (χ1n) is 10.1. The second-order valence-corrected chi connectivity index (χ2v) is 6.24. The number of nitrogens with one attached hydrogen (secondary N) is 2. The predicted molar refractivity (Wildman–Crippen MR) is 129 cm³/mol. The van der Waals surface area contributed by atoms with Crippen LogP contribution in [0.3, 0.4) is 0 Å². The minimum atomic E-state index is 0. The summed E-state index contributed by atoms with van der Waals surface area (Å²) >= 11 is 0. The van der Waals surface area contributed by atoms with E-state index in [2.05, 4.69) is 47.7 Å². The fourth-order valence-electron chi connectivity index (χ4n) is 2.41. The number of ether oxygens (including phenoxy) is 4. The second kappa shape index (κ2) is 18.9. The molecule has 29 heavy (non-hydrogen) atoms. The second-order valence-electron chi connectivity index (χ2n) is 6.24. The molecule has 1 aromatic rings. The summed E-state index contributed by atoms with van der Waals surface area (Å²) in [5.74, 6) is 1.66. The van der Waals surface area contributed by atoms with Crippen molar-refractivity contribution in [1.82, 2.24) is 10.6 Å². The van der Waals surface area contributed by atoms with E-state index >= 15 is 0 Å². The van der Waals surface area contributed by atoms with E-state index in [4.69, 9.17) is 18.9 Å². The summed E-state index contributed by atoms with van der Waals surface area (Å²) < 4.78 is 21.7. The molecule has 0 amide bonds. The van der Waals surface area contributed by atoms with Gasteiger partial charge in [0.05, 0.1) is 26.4 Å². The number of aryl methyl sites for hydroxylation is 1. The molecule has 0 unspecified atom stereocenters. The third kappa shape index (κ3) is 13.7. The van der Waals surface area contributed by atoms with Gasteiger partial charge >= 0.3 is 0 Å². The summed E-state index contributed by atoms with van der Waals surface area (Å²) in [6, 6.07) is 6.20. The van der Waals surface area contributed by atoms with Gasteiger partial charge in [-0.1, -0.05) is 12.1 Å². The molecule has 0 aliphatic rings. The summed E-state index contributed by atoms with van der Waals surface area (Å²) in [6.45, 7) is 12.0. The Bertz CT molecular complexity index is 559. The number of nitrogens with zero attached hydrogens (tertiary/aromatic N) is 1. The van der Waals surface area contributed by atoms with Gasteiger partial charge in [-0.25, -0.2) is 4.99 Å². The fourth-order valence-corrected chi connectivity index (χ4v) is 2.41. The van der Waals surface area contributed by atoms with E-state index in [1.54, 1.807) is 7.11 Å². The lowest BCUT2D eigenvalue weighted by molar-refractivity contribution is 0.0698. The topological polar surface area (TPSA) is 73.3 Å². The molecular weight excluding hydrogens is 485 g/mol. The zero-order valence-electron chi connectivity index (χ0n) is 18.3. The minimum Gasteiger partial charge on any atom is -0.491 e. The van der Waals surface area contributed by atoms with Gasteiger partial charge in [-0.05, 0) is 38.8 Å². The Hall–Kier alpha value is -1.10. The van der Waals surface area contributed by atoms with Crippen LogP contribution in [0.2, 0.25) is 0 Å². The van der Waals surface area contributed by atoms with Crippen molar-refractivity contribution < 1.29 is 18.9 Å². The molecule has 0 aromatic heterocycles. The molecule has 0 fully saturated rings. The summed E-state index contributed by atoms with van der Waals surface area (Å²) in [5, 5.41) is 6.61. The van der Waals surface area contributed by atoms with Crippen LogP contribution < -0.4 is 15.4 Å². The SMILES string of the molecule is CCNC(=NCc1ccc(C)cc1OCCOCC)NCCCOCCOC.I. The Morgan fingerprint density at radius 2 is 1.79 bits per heavy atom. The molecule has 8 heteroatoms. The number of aliphatic imine (C=N–C) groups is 1. The largest absolute Gasteiger partial charge is 0.491 e. The fraction of sp³-hybridized carbons (Fsp3) is 0.667. The summed E-state index contributed by atoms with van der Waals surface area (Å²) in [5.41, 5.74) is 2.22. The van der Waals surface area contributed by atoms with E-state index < -0.39 is 0 Å². The normalized spacial score (nSPS) is 11.1. The first-order valence-corrected chi connectivity index (χ1v) is 10.1. The minimum absolute atomic E-state index is 0. The zero-order valence-corrected chi connectivity index (χ0v) is 20.6. The third-order valence-electron chi connectivity index (χ3n) is 3.85. The molecule has 1 aromatic carbocycles. The number of rotatable bonds is 15. The molecule has 0 radical (unpaired) electrons. The molecule has 0 bridgehead atoms. The molecule has 168 valence electrons. The van der Waals surface area contributed by atoms with Gasteiger partial charge in [0.15, 0.2) is 5.96 Å². The van der Waals surface area contributed by atoms with Gasteiger partial charge in [-0.15, -0.1) is 24.0 Å². The lowest BCUT2D eigenvalue weighted by Gasteiger charge is -2.14. The van der Waals surface area contributed by atoms with Crippen molar-refractivity contribution in [3.8, 4) is 5.75 Å². The molecular formula is C21H38IN3O4. The summed E-state index contributed by atoms with van der Waals surface area (Å²) in [7, 11) is 1.67. The number of hydrogen-bond acceptors (Lipinski definition) is 5. The number of benzene rings is 1. The van der Waals surface area contributed by atoms with Crippen molar-refractivity contribution in [3.05, 3.63) is 29.3 Å². The monoisotopic (exact) mass is 523 g/mol. The molecule has 0 saturated carbocycles. The molecule has 0 saturated heterocycles. The van der Waals surface area contributed by atoms with Gasteiger partial charge in [0.1, 0.15) is 12.4 Å². The van der Waals surface area contributed by atoms with E-state index in [1.165, 1.54) is 0 Å². The first-order chi connectivity index (χ1) is 13.7. The highest BCUT2D eigenvalue weighted by molar-refractivity contribution is 14.0. The van der Waals surface area contributed by atoms with Crippen LogP contribution in [0.5, 0.6) is 5.75 Å². The Kier molecular flexibility index (Phi) is 18.2. The molecule has 0 heterocycles. The first kappa shape index (κ1) is 27.9. The maximum atomic E-state index is 5.90. The van der Waals surface area contributed by atoms with Crippen molar-refractivity contribution in [2.45, 2.75) is 33.7 Å². The highest BCUT2D eigenvalue weighted by Gasteiger charge is 2.05. The lowest BCUT2D eigenvalue weighted by Crippen LogP contribution is -2.38. The Labute approximate surface area is 192 Å². The Morgan fingerprint density at radius 3 is 2.52 bits per heavy atom. The van der Waals surface area contributed by atoms with Gasteiger partial charge in [-0.3, -0.25) is 0 Å². The molecule has 0 aliphatic heterocycles. The Morgan fingerprint density at radius 1 is 1.00 bits per heavy atom. The van der Waals surface area contributed by atoms with Crippen LogP contribution in [0, 0.1) is 6.92 Å². The third-order valence-corrected chi connectivity index (χ3v) is 3.85. The highest BCUT2D eigenvalue weighted by Crippen LogP contribution is 2.21. The molecule has 0 atom stereocenters. The van der Waals surface area contributed by atoms with E-state index in [0.29, 0.717) is 46.2 Å². The van der Waals surface area contributed by atoms with Crippen LogP contribution >= 0.6 is 24.0 Å². The predicted octanol–water partition coefficient (Wildman–Crippen LogP) is 3.14. The smallest absolute Gasteiger partial charge is 0.191 e. The van der Waals surface area contributed by atoms with E-state index in [0.717, 1.165) is 42.3 Å². The summed E-state index contributed by atoms with van der Waals surface area (Å²) in [6.07, 6.45) is 0.907. The van der Waals surface area contributed by atoms with Crippen LogP contribution in [0.1, 0.15) is 31.4 Å². The van der Waals surface area contributed by atoms with Crippen molar-refractivity contribution in [3.63, 3.8) is 0 Å². The highest BCUT2D eigenvalue weighted by atomic mass is 127. The van der Waals surface area contributed by atoms with Crippen molar-refractivity contribution in [2.24, 2.45) is 4.99 Å². The van der Waals surface area contributed by atoms with Gasteiger partial charge < -0.3 is 29.6 Å². The maximum absolute atomic E-state index is 5.90. The molecule has 0 spiro atoms. The zero-order chi connectivity index (χ0) is 20.5. The molecule has 1 rings (SSSR count). The Balaban J connectivity index is 0.00000784. The van der Waals surface area contributed by atoms with Crippen molar-refractivity contribution in [1.29, 1.82) is 0 Å². The quantitative estimate of drug-likeness (QED) is 0.159. The average molecular weight is 523 g/mol. The number of methoxy groups -OCH3 is 1. The number of halogens is 1. The van der Waals surface area contributed by atoms with E-state index in [-0.39, 0.29) is 24.0 Å². The van der Waals surface area contributed by atoms with Crippen molar-refractivity contribution >= 4 is 29.9 Å². The van der Waals surface area contributed by atoms with Crippen LogP contribution in [0.4, 0.5) is 0 Å². The van der Waals surface area contributed by atoms with Crippen LogP contribution in [-0.4, -0.2) is 65.8 Å². The van der Waals surface area contributed by atoms with Crippen LogP contribution in [0.25, 0.3) is 0 Å². The van der Waals surface area contributed by atoms with Gasteiger partial charge in [0.2, 0.25) is 0 Å². The average Bonchev–Trinajstić information content (AvgIpc) is 2.69. The van der Waals surface area contributed by atoms with E-state index in [1.807, 2.05) is 6.92 Å². The van der Waals surface area contributed by atoms with Gasteiger partial charge in [0.25, 0.3) is 0 Å². The van der Waals surface area contributed by atoms with Gasteiger partial charge in [-0.2, -0.15) is 0 Å². The lowest BCUT2D eigenvalue weighted by atomic mass is 10.1. The molecule has 7 nitrogen and oxygen atoms in total. The van der Waals surface area contributed by atoms with Crippen LogP contribution in [0.15, 0.2) is 23.2 Å². The molecule has 0 aliphatic carbocycles. The van der Waals surface area contributed by atoms with Crippen molar-refractivity contribution in [2.75, 3.05) is 59.8 Å². The maximum Gasteiger partial charge on any atom is 0.191 e. The van der Waals surface area contributed by atoms with Gasteiger partial charge in [0, 0.05) is 39.0 Å². The number of hydrogen-bond donors (Lipinski definition) is 2. The summed E-state index contributed by atoms with van der Waals surface area (Å²) in [4.78, 5) is 4.69.